The number of ether oxygens (including phenoxy) is 2. The summed E-state index contributed by atoms with van der Waals surface area (Å²) < 4.78 is 14.8. The molecule has 0 aliphatic carbocycles. The lowest BCUT2D eigenvalue weighted by Gasteiger charge is -2.31. The normalized spacial score (nSPS) is 11.4. The zero-order chi connectivity index (χ0) is 28.8. The molecule has 0 spiro atoms. The van der Waals surface area contributed by atoms with E-state index in [1.54, 1.807) is 42.5 Å². The number of carbonyl (C=O) groups is 3. The van der Waals surface area contributed by atoms with Gasteiger partial charge in [-0.3, -0.25) is 19.3 Å². The van der Waals surface area contributed by atoms with Crippen LogP contribution in [0.25, 0.3) is 0 Å². The molecule has 1 aromatic heterocycles. The molecule has 3 amide bonds. The Labute approximate surface area is 239 Å². The Bertz CT molecular complexity index is 1530. The zero-order valence-corrected chi connectivity index (χ0v) is 23.2. The van der Waals surface area contributed by atoms with E-state index >= 15 is 0 Å². The molecule has 206 valence electrons. The van der Waals surface area contributed by atoms with Crippen LogP contribution in [0.1, 0.15) is 37.3 Å². The maximum atomic E-state index is 14.2. The van der Waals surface area contributed by atoms with Crippen molar-refractivity contribution in [1.82, 2.24) is 9.69 Å². The molecule has 0 bridgehead atoms. The van der Waals surface area contributed by atoms with Crippen molar-refractivity contribution in [1.29, 1.82) is 0 Å². The zero-order valence-electron chi connectivity index (χ0n) is 21.6. The number of nitrogens with one attached hydrogen (secondary N) is 1. The van der Waals surface area contributed by atoms with Gasteiger partial charge in [0.05, 0.1) is 19.9 Å². The van der Waals surface area contributed by atoms with E-state index in [2.05, 4.69) is 9.69 Å². The van der Waals surface area contributed by atoms with E-state index in [1.165, 1.54) is 19.1 Å². The first kappa shape index (κ1) is 28.4. The van der Waals surface area contributed by atoms with Crippen LogP contribution < -0.4 is 31.2 Å². The Kier molecular flexibility index (Phi) is 8.87. The number of halogens is 1. The fourth-order valence-electron chi connectivity index (χ4n) is 4.05. The summed E-state index contributed by atoms with van der Waals surface area (Å²) in [5.41, 5.74) is 12.7. The Morgan fingerprint density at radius 1 is 1.00 bits per heavy atom. The van der Waals surface area contributed by atoms with Crippen LogP contribution in [-0.4, -0.2) is 36.3 Å². The third-order valence-corrected chi connectivity index (χ3v) is 7.12. The summed E-state index contributed by atoms with van der Waals surface area (Å²) in [6.45, 7) is 0.209. The second-order valence-electron chi connectivity index (χ2n) is 8.51. The predicted molar refractivity (Wildman–Crippen MR) is 154 cm³/mol. The van der Waals surface area contributed by atoms with Gasteiger partial charge in [0.15, 0.2) is 17.2 Å². The third-order valence-electron chi connectivity index (χ3n) is 6.02. The van der Waals surface area contributed by atoms with E-state index < -0.39 is 23.8 Å². The highest BCUT2D eigenvalue weighted by molar-refractivity contribution is 7.09. The van der Waals surface area contributed by atoms with Crippen LogP contribution in [0.3, 0.4) is 0 Å². The number of methoxy groups -OCH3 is 2. The van der Waals surface area contributed by atoms with Crippen molar-refractivity contribution in [3.05, 3.63) is 99.5 Å². The quantitative estimate of drug-likeness (QED) is 0.255. The minimum atomic E-state index is -1.21. The molecule has 0 aliphatic heterocycles. The third kappa shape index (κ3) is 6.00. The summed E-state index contributed by atoms with van der Waals surface area (Å²) in [6.07, 6.45) is 0. The van der Waals surface area contributed by atoms with Crippen molar-refractivity contribution in [3.8, 4) is 11.5 Å². The average Bonchev–Trinajstić information content (AvgIpc) is 3.36. The fraction of sp³-hybridized carbons (Fsp3) is 0.143. The summed E-state index contributed by atoms with van der Waals surface area (Å²) in [5.74, 6) is -1.23. The smallest absolute Gasteiger partial charge is 0.273 e. The van der Waals surface area contributed by atoms with Crippen LogP contribution in [0.15, 0.2) is 72.8 Å². The number of nitrogens with zero attached hydrogens (tertiary/aromatic N) is 2. The van der Waals surface area contributed by atoms with Gasteiger partial charge < -0.3 is 26.3 Å². The van der Waals surface area contributed by atoms with Gasteiger partial charge in [-0.1, -0.05) is 48.0 Å². The molecule has 4 rings (SSSR count). The van der Waals surface area contributed by atoms with Gasteiger partial charge >= 0.3 is 0 Å². The number of nitrogen functional groups attached to an aromatic ring is 1. The van der Waals surface area contributed by atoms with Crippen LogP contribution >= 0.6 is 23.1 Å². The summed E-state index contributed by atoms with van der Waals surface area (Å²) in [7, 11) is 2.96. The molecule has 0 saturated carbocycles. The number of primary amides is 1. The molecule has 5 N–H and O–H groups in total. The number of amides is 3. The summed E-state index contributed by atoms with van der Waals surface area (Å²) >= 11 is 6.85. The number of anilines is 2. The van der Waals surface area contributed by atoms with Gasteiger partial charge in [-0.25, -0.2) is 0 Å². The van der Waals surface area contributed by atoms with Crippen LogP contribution in [0.5, 0.6) is 11.5 Å². The number of aromatic nitrogens is 1. The Morgan fingerprint density at radius 3 is 2.27 bits per heavy atom. The molecule has 3 aromatic carbocycles. The lowest BCUT2D eigenvalue weighted by Crippen LogP contribution is -2.44. The van der Waals surface area contributed by atoms with E-state index in [0.29, 0.717) is 27.8 Å². The fourth-order valence-corrected chi connectivity index (χ4v) is 4.91. The number of hydrogen-bond acceptors (Lipinski definition) is 8. The second kappa shape index (κ2) is 12.5. The van der Waals surface area contributed by atoms with Gasteiger partial charge in [0.2, 0.25) is 5.91 Å². The van der Waals surface area contributed by atoms with Gasteiger partial charge in [-0.05, 0) is 59.1 Å². The molecule has 0 radical (unpaired) electrons. The molecule has 10 nitrogen and oxygen atoms in total. The summed E-state index contributed by atoms with van der Waals surface area (Å²) in [5, 5.41) is 3.35. The van der Waals surface area contributed by atoms with E-state index in [0.717, 1.165) is 17.1 Å². The second-order valence-corrected chi connectivity index (χ2v) is 9.72. The number of carbonyl (C=O) groups excluding carboxylic acids is 3. The first-order valence-corrected chi connectivity index (χ1v) is 13.1. The lowest BCUT2D eigenvalue weighted by molar-refractivity contribution is -0.122. The molecular formula is C28H26ClN5O5S. The van der Waals surface area contributed by atoms with Crippen LogP contribution in [0.4, 0.5) is 11.4 Å². The van der Waals surface area contributed by atoms with Crippen molar-refractivity contribution < 1.29 is 23.9 Å². The average molecular weight is 580 g/mol. The molecule has 0 aliphatic rings. The maximum Gasteiger partial charge on any atom is 0.273 e. The van der Waals surface area contributed by atoms with E-state index in [-0.39, 0.29) is 22.8 Å². The number of benzene rings is 3. The van der Waals surface area contributed by atoms with Crippen molar-refractivity contribution in [2.45, 2.75) is 12.6 Å². The Hall–Kier alpha value is -4.61. The molecule has 1 unspecified atom stereocenters. The number of nitrogens with two attached hydrogens (primary N) is 2. The standard InChI is InChI=1S/C28H26ClN5O5S/c1-38-20-13-8-17(14-21(20)39-2)24(27(36)32-15-16-6-4-3-5-7-16)34(19-11-9-18(29)10-12-19)28(37)25-22(30)23(26(31)35)33-40-25/h3-14,24H,15,30H2,1-2H3,(H2,31,35)(H,32,36). The molecular weight excluding hydrogens is 554 g/mol. The van der Waals surface area contributed by atoms with Crippen molar-refractivity contribution >= 4 is 52.2 Å². The minimum Gasteiger partial charge on any atom is -0.493 e. The predicted octanol–water partition coefficient (Wildman–Crippen LogP) is 4.20. The van der Waals surface area contributed by atoms with Crippen LogP contribution in [0, 0.1) is 0 Å². The molecule has 1 atom stereocenters. The van der Waals surface area contributed by atoms with Gasteiger partial charge in [0.25, 0.3) is 11.8 Å². The molecule has 4 aromatic rings. The van der Waals surface area contributed by atoms with E-state index in [4.69, 9.17) is 32.5 Å². The largest absolute Gasteiger partial charge is 0.493 e. The van der Waals surface area contributed by atoms with Gasteiger partial charge in [0, 0.05) is 17.3 Å². The molecule has 0 fully saturated rings. The van der Waals surface area contributed by atoms with Crippen molar-refractivity contribution in [2.75, 3.05) is 24.9 Å². The monoisotopic (exact) mass is 579 g/mol. The minimum absolute atomic E-state index is 0.0508. The topological polar surface area (TPSA) is 150 Å². The molecule has 0 saturated heterocycles. The first-order chi connectivity index (χ1) is 19.2. The van der Waals surface area contributed by atoms with E-state index in [1.807, 2.05) is 30.3 Å². The molecule has 12 heteroatoms. The Morgan fingerprint density at radius 2 is 1.68 bits per heavy atom. The van der Waals surface area contributed by atoms with Crippen LogP contribution in [-0.2, 0) is 11.3 Å². The van der Waals surface area contributed by atoms with Crippen molar-refractivity contribution in [2.24, 2.45) is 5.73 Å². The summed E-state index contributed by atoms with van der Waals surface area (Å²) in [4.78, 5) is 41.1. The molecule has 40 heavy (non-hydrogen) atoms. The van der Waals surface area contributed by atoms with Crippen LogP contribution in [0.2, 0.25) is 5.02 Å². The Balaban J connectivity index is 1.87. The molecule has 1 heterocycles. The first-order valence-electron chi connectivity index (χ1n) is 11.9. The number of rotatable bonds is 10. The van der Waals surface area contributed by atoms with Gasteiger partial charge in [0.1, 0.15) is 10.9 Å². The number of hydrogen-bond donors (Lipinski definition) is 3. The highest BCUT2D eigenvalue weighted by atomic mass is 35.5. The SMILES string of the molecule is COc1ccc(C(C(=O)NCc2ccccc2)N(C(=O)c2snc(C(N)=O)c2N)c2ccc(Cl)cc2)cc1OC. The maximum absolute atomic E-state index is 14.2. The van der Waals surface area contributed by atoms with E-state index in [9.17, 15) is 14.4 Å². The van der Waals surface area contributed by atoms with Crippen molar-refractivity contribution in [3.63, 3.8) is 0 Å². The van der Waals surface area contributed by atoms with Gasteiger partial charge in [-0.2, -0.15) is 4.37 Å². The highest BCUT2D eigenvalue weighted by Crippen LogP contribution is 2.37. The van der Waals surface area contributed by atoms with Gasteiger partial charge in [-0.15, -0.1) is 0 Å². The highest BCUT2D eigenvalue weighted by Gasteiger charge is 2.36. The summed E-state index contributed by atoms with van der Waals surface area (Å²) in [6, 6.07) is 19.4. The lowest BCUT2D eigenvalue weighted by atomic mass is 10.0.